The van der Waals surface area contributed by atoms with E-state index in [1.54, 1.807) is 0 Å². The van der Waals surface area contributed by atoms with E-state index in [1.165, 1.54) is 12.7 Å². The van der Waals surface area contributed by atoms with Crippen LogP contribution in [0.15, 0.2) is 54.6 Å². The van der Waals surface area contributed by atoms with Gasteiger partial charge in [0, 0.05) is 19.0 Å². The first kappa shape index (κ1) is 14.2. The van der Waals surface area contributed by atoms with Crippen molar-refractivity contribution in [3.05, 3.63) is 71.3 Å². The highest BCUT2D eigenvalue weighted by molar-refractivity contribution is 5.83. The maximum Gasteiger partial charge on any atom is 0.317 e. The van der Waals surface area contributed by atoms with E-state index >= 15 is 0 Å². The highest BCUT2D eigenvalue weighted by Gasteiger charge is 2.76. The van der Waals surface area contributed by atoms with Crippen LogP contribution in [0, 0.1) is 11.3 Å². The number of hydrogen-bond acceptors (Lipinski definition) is 4. The Bertz CT molecular complexity index is 821. The first-order valence-corrected chi connectivity index (χ1v) is 8.37. The van der Waals surface area contributed by atoms with Crippen molar-refractivity contribution in [3.63, 3.8) is 0 Å². The van der Waals surface area contributed by atoms with Gasteiger partial charge in [-0.05, 0) is 16.7 Å². The van der Waals surface area contributed by atoms with Crippen LogP contribution in [0.3, 0.4) is 0 Å². The van der Waals surface area contributed by atoms with E-state index in [2.05, 4.69) is 29.6 Å². The monoisotopic (exact) mass is 321 g/mol. The van der Waals surface area contributed by atoms with Gasteiger partial charge in [-0.1, -0.05) is 54.6 Å². The molecule has 0 unspecified atom stereocenters. The Balaban J connectivity index is 1.86. The summed E-state index contributed by atoms with van der Waals surface area (Å²) in [7, 11) is 1.48. The summed E-state index contributed by atoms with van der Waals surface area (Å²) >= 11 is 0. The van der Waals surface area contributed by atoms with Gasteiger partial charge in [0.15, 0.2) is 0 Å². The van der Waals surface area contributed by atoms with Gasteiger partial charge in [-0.3, -0.25) is 4.79 Å². The van der Waals surface area contributed by atoms with E-state index in [4.69, 9.17) is 9.47 Å². The van der Waals surface area contributed by atoms with Crippen molar-refractivity contribution in [1.29, 1.82) is 0 Å². The summed E-state index contributed by atoms with van der Waals surface area (Å²) in [5, 5.41) is 3.43. The molecule has 2 fully saturated rings. The molecule has 1 N–H and O–H groups in total. The van der Waals surface area contributed by atoms with Crippen molar-refractivity contribution in [2.45, 2.75) is 11.7 Å². The molecular weight excluding hydrogens is 302 g/mol. The summed E-state index contributed by atoms with van der Waals surface area (Å²) in [6.45, 7) is 1.34. The van der Waals surface area contributed by atoms with Crippen molar-refractivity contribution in [3.8, 4) is 0 Å². The molecule has 3 aliphatic heterocycles. The van der Waals surface area contributed by atoms with Gasteiger partial charge in [0.2, 0.25) is 0 Å². The largest absolute Gasteiger partial charge is 0.468 e. The van der Waals surface area contributed by atoms with Gasteiger partial charge in [-0.15, -0.1) is 0 Å². The van der Waals surface area contributed by atoms with Crippen LogP contribution in [0.1, 0.15) is 22.8 Å². The number of fused-ring (bicyclic) bond motifs is 8. The molecule has 0 radical (unpaired) electrons. The van der Waals surface area contributed by atoms with Crippen molar-refractivity contribution in [2.24, 2.45) is 11.3 Å². The molecule has 0 amide bonds. The Morgan fingerprint density at radius 3 is 2.71 bits per heavy atom. The molecule has 24 heavy (non-hydrogen) atoms. The van der Waals surface area contributed by atoms with Crippen LogP contribution in [-0.2, 0) is 19.9 Å². The van der Waals surface area contributed by atoms with Crippen molar-refractivity contribution in [1.82, 2.24) is 5.32 Å². The molecule has 0 aromatic heterocycles. The minimum absolute atomic E-state index is 0.0736. The third-order valence-electron chi connectivity index (χ3n) is 6.08. The van der Waals surface area contributed by atoms with Gasteiger partial charge in [0.25, 0.3) is 0 Å². The quantitative estimate of drug-likeness (QED) is 0.863. The number of ether oxygens (including phenoxy) is 2. The highest BCUT2D eigenvalue weighted by atomic mass is 16.5. The third-order valence-corrected chi connectivity index (χ3v) is 6.08. The zero-order chi connectivity index (χ0) is 16.4. The second kappa shape index (κ2) is 4.68. The summed E-state index contributed by atoms with van der Waals surface area (Å²) in [4.78, 5) is 13.1. The van der Waals surface area contributed by atoms with Crippen molar-refractivity contribution >= 4 is 5.97 Å². The summed E-state index contributed by atoms with van der Waals surface area (Å²) in [5.41, 5.74) is 1.83. The van der Waals surface area contributed by atoms with E-state index in [0.717, 1.165) is 17.7 Å². The first-order valence-electron chi connectivity index (χ1n) is 8.37. The second-order valence-electron chi connectivity index (χ2n) is 6.87. The number of esters is 1. The maximum atomic E-state index is 13.1. The Morgan fingerprint density at radius 1 is 1.17 bits per heavy atom. The first-order chi connectivity index (χ1) is 11.8. The predicted octanol–water partition coefficient (Wildman–Crippen LogP) is 2.39. The number of benzene rings is 2. The van der Waals surface area contributed by atoms with E-state index in [0.29, 0.717) is 6.54 Å². The van der Waals surface area contributed by atoms with Crippen LogP contribution in [-0.4, -0.2) is 26.2 Å². The lowest BCUT2D eigenvalue weighted by atomic mass is 9.57. The molecule has 5 rings (SSSR count). The molecule has 0 saturated carbocycles. The summed E-state index contributed by atoms with van der Waals surface area (Å²) < 4.78 is 12.0. The lowest BCUT2D eigenvalue weighted by Gasteiger charge is -2.43. The summed E-state index contributed by atoms with van der Waals surface area (Å²) in [6.07, 6.45) is -0.0736. The van der Waals surface area contributed by atoms with Gasteiger partial charge in [-0.2, -0.15) is 0 Å². The SMILES string of the molecule is COC(=O)[C@@]12CNC[C@@H]1[C@@H]1O[C@@]2(c2ccccc2)c2ccccc21. The van der Waals surface area contributed by atoms with Gasteiger partial charge < -0.3 is 14.8 Å². The molecule has 0 aliphatic carbocycles. The van der Waals surface area contributed by atoms with Gasteiger partial charge in [0.1, 0.15) is 11.0 Å². The topological polar surface area (TPSA) is 47.6 Å². The van der Waals surface area contributed by atoms with E-state index in [1.807, 2.05) is 30.3 Å². The molecule has 2 aromatic rings. The van der Waals surface area contributed by atoms with E-state index in [9.17, 15) is 4.79 Å². The summed E-state index contributed by atoms with van der Waals surface area (Å²) in [5.74, 6) is -0.0987. The van der Waals surface area contributed by atoms with Crippen LogP contribution < -0.4 is 5.32 Å². The molecule has 122 valence electrons. The predicted molar refractivity (Wildman–Crippen MR) is 88.3 cm³/mol. The Labute approximate surface area is 140 Å². The lowest BCUT2D eigenvalue weighted by Crippen LogP contribution is -2.54. The number of hydrogen-bond donors (Lipinski definition) is 1. The number of nitrogens with one attached hydrogen (secondary N) is 1. The molecule has 2 aromatic carbocycles. The minimum Gasteiger partial charge on any atom is -0.468 e. The zero-order valence-electron chi connectivity index (χ0n) is 13.5. The van der Waals surface area contributed by atoms with Crippen LogP contribution in [0.2, 0.25) is 0 Å². The third kappa shape index (κ3) is 1.36. The van der Waals surface area contributed by atoms with Crippen molar-refractivity contribution < 1.29 is 14.3 Å². The van der Waals surface area contributed by atoms with Crippen LogP contribution in [0.4, 0.5) is 0 Å². The zero-order valence-corrected chi connectivity index (χ0v) is 13.5. The average Bonchev–Trinajstić information content (AvgIpc) is 3.30. The fourth-order valence-corrected chi connectivity index (χ4v) is 5.21. The molecule has 3 aliphatic rings. The van der Waals surface area contributed by atoms with Crippen molar-refractivity contribution in [2.75, 3.05) is 20.2 Å². The molecular formula is C20H19NO3. The average molecular weight is 321 g/mol. The fraction of sp³-hybridized carbons (Fsp3) is 0.350. The molecule has 4 atom stereocenters. The number of carbonyl (C=O) groups excluding carboxylic acids is 1. The maximum absolute atomic E-state index is 13.1. The van der Waals surface area contributed by atoms with Gasteiger partial charge in [-0.25, -0.2) is 0 Å². The minimum atomic E-state index is -0.781. The molecule has 4 heteroatoms. The van der Waals surface area contributed by atoms with Crippen LogP contribution in [0.25, 0.3) is 0 Å². The fourth-order valence-electron chi connectivity index (χ4n) is 5.21. The Kier molecular flexibility index (Phi) is 2.77. The lowest BCUT2D eigenvalue weighted by molar-refractivity contribution is -0.162. The molecule has 3 heterocycles. The van der Waals surface area contributed by atoms with Crippen LogP contribution in [0.5, 0.6) is 0 Å². The summed E-state index contributed by atoms with van der Waals surface area (Å²) in [6, 6.07) is 18.4. The normalized spacial score (nSPS) is 35.5. The molecule has 2 bridgehead atoms. The van der Waals surface area contributed by atoms with E-state index < -0.39 is 11.0 Å². The number of carbonyl (C=O) groups is 1. The van der Waals surface area contributed by atoms with Gasteiger partial charge in [0.05, 0.1) is 13.2 Å². The second-order valence-corrected chi connectivity index (χ2v) is 6.87. The number of methoxy groups -OCH3 is 1. The standard InChI is InChI=1S/C20H19NO3/c1-23-18(22)19-12-21-11-16(19)17-14-9-5-6-10-15(14)20(19,24-17)13-7-3-2-4-8-13/h2-10,16-17,21H,11-12H2,1H3/t16-,17-,19-,20+/m1/s1. The highest BCUT2D eigenvalue weighted by Crippen LogP contribution is 2.70. The smallest absolute Gasteiger partial charge is 0.317 e. The van der Waals surface area contributed by atoms with Crippen LogP contribution >= 0.6 is 0 Å². The van der Waals surface area contributed by atoms with E-state index in [-0.39, 0.29) is 18.0 Å². The van der Waals surface area contributed by atoms with Gasteiger partial charge >= 0.3 is 5.97 Å². The molecule has 2 saturated heterocycles. The Morgan fingerprint density at radius 2 is 1.92 bits per heavy atom. The Hall–Kier alpha value is -2.17. The molecule has 0 spiro atoms. The molecule has 4 nitrogen and oxygen atoms in total. The number of rotatable bonds is 2.